The lowest BCUT2D eigenvalue weighted by molar-refractivity contribution is 0.340. The van der Waals surface area contributed by atoms with Gasteiger partial charge in [0.25, 0.3) is 0 Å². The van der Waals surface area contributed by atoms with Crippen LogP contribution in [0.5, 0.6) is 5.75 Å². The summed E-state index contributed by atoms with van der Waals surface area (Å²) in [7, 11) is 0. The molecule has 0 amide bonds. The molecule has 0 aliphatic heterocycles. The van der Waals surface area contributed by atoms with Gasteiger partial charge in [-0.05, 0) is 35.0 Å². The topological polar surface area (TPSA) is 37.9 Å². The van der Waals surface area contributed by atoms with Crippen LogP contribution in [0.3, 0.4) is 0 Å². The van der Waals surface area contributed by atoms with E-state index in [1.807, 2.05) is 31.2 Å². The summed E-state index contributed by atoms with van der Waals surface area (Å²) in [6.45, 7) is 9.02. The Morgan fingerprint density at radius 2 is 2.05 bits per heavy atom. The van der Waals surface area contributed by atoms with Gasteiger partial charge in [-0.3, -0.25) is 0 Å². The normalized spacial score (nSPS) is 11.5. The Kier molecular flexibility index (Phi) is 4.84. The van der Waals surface area contributed by atoms with Crippen molar-refractivity contribution in [2.75, 3.05) is 6.61 Å². The molecule has 2 rings (SSSR count). The average molecular weight is 367 g/mol. The number of H-pyrrole nitrogens is 1. The zero-order chi connectivity index (χ0) is 15.6. The highest BCUT2D eigenvalue weighted by Gasteiger charge is 2.20. The lowest BCUT2D eigenvalue weighted by Gasteiger charge is -2.21. The lowest BCUT2D eigenvalue weighted by atomic mass is 9.92. The Labute approximate surface area is 138 Å². The molecule has 0 saturated carbocycles. The van der Waals surface area contributed by atoms with Gasteiger partial charge in [-0.15, -0.1) is 0 Å². The Balaban J connectivity index is 2.57. The number of nitrogens with one attached hydrogen (secondary N) is 1. The molecule has 0 aliphatic carbocycles. The van der Waals surface area contributed by atoms with Gasteiger partial charge < -0.3 is 9.72 Å². The fraction of sp³-hybridized carbons (Fsp3) is 0.375. The molecular formula is C16H19BrN2OS. The maximum absolute atomic E-state index is 5.54. The van der Waals surface area contributed by atoms with Gasteiger partial charge >= 0.3 is 0 Å². The Morgan fingerprint density at radius 1 is 1.33 bits per heavy atom. The largest absolute Gasteiger partial charge is 0.494 e. The summed E-state index contributed by atoms with van der Waals surface area (Å²) in [6.07, 6.45) is 0. The average Bonchev–Trinajstić information content (AvgIpc) is 2.41. The predicted molar refractivity (Wildman–Crippen MR) is 92.4 cm³/mol. The van der Waals surface area contributed by atoms with Crippen molar-refractivity contribution in [3.05, 3.63) is 39.1 Å². The smallest absolute Gasteiger partial charge is 0.144 e. The minimum atomic E-state index is -0.0540. The molecule has 1 aromatic carbocycles. The second-order valence-electron chi connectivity index (χ2n) is 5.79. The Hall–Kier alpha value is -1.20. The molecule has 3 nitrogen and oxygen atoms in total. The van der Waals surface area contributed by atoms with E-state index in [1.165, 1.54) is 0 Å². The quantitative estimate of drug-likeness (QED) is 0.752. The standard InChI is InChI=1S/C16H19BrN2OS/c1-5-20-11-8-6-7-10(9-11)14-18-13(16(2,3)4)12(17)15(21)19-14/h6-9H,5H2,1-4H3,(H,18,19,21). The van der Waals surface area contributed by atoms with Crippen LogP contribution in [-0.4, -0.2) is 16.6 Å². The second-order valence-corrected chi connectivity index (χ2v) is 6.97. The van der Waals surface area contributed by atoms with Crippen LogP contribution >= 0.6 is 28.1 Å². The van der Waals surface area contributed by atoms with Gasteiger partial charge in [-0.2, -0.15) is 0 Å². The molecule has 0 unspecified atom stereocenters. The summed E-state index contributed by atoms with van der Waals surface area (Å²) < 4.78 is 6.96. The fourth-order valence-electron chi connectivity index (χ4n) is 2.01. The molecule has 0 saturated heterocycles. The fourth-order valence-corrected chi connectivity index (χ4v) is 2.99. The zero-order valence-electron chi connectivity index (χ0n) is 12.7. The van der Waals surface area contributed by atoms with Crippen molar-refractivity contribution in [2.45, 2.75) is 33.1 Å². The molecule has 112 valence electrons. The summed E-state index contributed by atoms with van der Waals surface area (Å²) in [6, 6.07) is 7.86. The van der Waals surface area contributed by atoms with Crippen molar-refractivity contribution in [1.82, 2.24) is 9.97 Å². The Morgan fingerprint density at radius 3 is 2.67 bits per heavy atom. The van der Waals surface area contributed by atoms with Crippen LogP contribution in [0.25, 0.3) is 11.4 Å². The van der Waals surface area contributed by atoms with Crippen LogP contribution in [0, 0.1) is 4.64 Å². The molecule has 0 fully saturated rings. The number of ether oxygens (including phenoxy) is 1. The van der Waals surface area contributed by atoms with E-state index in [0.29, 0.717) is 11.2 Å². The molecule has 5 heteroatoms. The van der Waals surface area contributed by atoms with Gasteiger partial charge in [0, 0.05) is 16.7 Å². The molecule has 1 N–H and O–H groups in total. The van der Waals surface area contributed by atoms with Gasteiger partial charge in [0.15, 0.2) is 0 Å². The maximum atomic E-state index is 5.54. The van der Waals surface area contributed by atoms with E-state index in [4.69, 9.17) is 17.0 Å². The SMILES string of the molecule is CCOc1cccc(-c2nc(=S)c(Br)c(C(C)(C)C)[nH]2)c1. The van der Waals surface area contributed by atoms with E-state index in [1.54, 1.807) is 0 Å². The first kappa shape index (κ1) is 16.2. The van der Waals surface area contributed by atoms with Crippen LogP contribution in [0.4, 0.5) is 0 Å². The van der Waals surface area contributed by atoms with Crippen molar-refractivity contribution in [1.29, 1.82) is 0 Å². The summed E-state index contributed by atoms with van der Waals surface area (Å²) in [5, 5.41) is 0. The van der Waals surface area contributed by atoms with E-state index in [2.05, 4.69) is 46.7 Å². The third-order valence-corrected chi connectivity index (χ3v) is 4.36. The van der Waals surface area contributed by atoms with Crippen molar-refractivity contribution in [2.24, 2.45) is 0 Å². The van der Waals surface area contributed by atoms with Crippen molar-refractivity contribution in [3.63, 3.8) is 0 Å². The second kappa shape index (κ2) is 6.28. The molecule has 21 heavy (non-hydrogen) atoms. The van der Waals surface area contributed by atoms with Gasteiger partial charge in [0.2, 0.25) is 0 Å². The predicted octanol–water partition coefficient (Wildman–Crippen LogP) is 5.26. The van der Waals surface area contributed by atoms with E-state index in [0.717, 1.165) is 27.3 Å². The van der Waals surface area contributed by atoms with Crippen molar-refractivity contribution in [3.8, 4) is 17.1 Å². The molecule has 1 aromatic heterocycles. The summed E-state index contributed by atoms with van der Waals surface area (Å²) >= 11 is 8.91. The summed E-state index contributed by atoms with van der Waals surface area (Å²) in [4.78, 5) is 7.87. The molecular weight excluding hydrogens is 348 g/mol. The van der Waals surface area contributed by atoms with Crippen LogP contribution in [-0.2, 0) is 5.41 Å². The van der Waals surface area contributed by atoms with Crippen LogP contribution in [0.2, 0.25) is 0 Å². The first-order valence-corrected chi connectivity index (χ1v) is 8.06. The highest BCUT2D eigenvalue weighted by Crippen LogP contribution is 2.31. The molecule has 2 aromatic rings. The van der Waals surface area contributed by atoms with Crippen molar-refractivity contribution < 1.29 is 4.74 Å². The van der Waals surface area contributed by atoms with Crippen LogP contribution < -0.4 is 4.74 Å². The summed E-state index contributed by atoms with van der Waals surface area (Å²) in [5.74, 6) is 1.59. The lowest BCUT2D eigenvalue weighted by Crippen LogP contribution is -2.16. The minimum Gasteiger partial charge on any atom is -0.494 e. The number of rotatable bonds is 3. The monoisotopic (exact) mass is 366 g/mol. The number of benzene rings is 1. The molecule has 0 atom stereocenters. The maximum Gasteiger partial charge on any atom is 0.144 e. The number of nitrogens with zero attached hydrogens (tertiary/aromatic N) is 1. The third-order valence-electron chi connectivity index (χ3n) is 3.03. The Bertz CT molecular complexity index is 704. The van der Waals surface area contributed by atoms with Crippen LogP contribution in [0.1, 0.15) is 33.4 Å². The third kappa shape index (κ3) is 3.71. The van der Waals surface area contributed by atoms with E-state index in [9.17, 15) is 0 Å². The number of halogens is 1. The number of aromatic nitrogens is 2. The van der Waals surface area contributed by atoms with Gasteiger partial charge in [0.1, 0.15) is 16.2 Å². The first-order chi connectivity index (χ1) is 9.82. The molecule has 0 radical (unpaired) electrons. The molecule has 0 aliphatic rings. The number of aromatic amines is 1. The van der Waals surface area contributed by atoms with Crippen molar-refractivity contribution >= 4 is 28.1 Å². The number of hydrogen-bond acceptors (Lipinski definition) is 3. The highest BCUT2D eigenvalue weighted by molar-refractivity contribution is 9.10. The minimum absolute atomic E-state index is 0.0540. The molecule has 1 heterocycles. The van der Waals surface area contributed by atoms with Gasteiger partial charge in [-0.25, -0.2) is 4.98 Å². The van der Waals surface area contributed by atoms with E-state index < -0.39 is 0 Å². The van der Waals surface area contributed by atoms with E-state index >= 15 is 0 Å². The highest BCUT2D eigenvalue weighted by atomic mass is 79.9. The first-order valence-electron chi connectivity index (χ1n) is 6.86. The molecule has 0 spiro atoms. The zero-order valence-corrected chi connectivity index (χ0v) is 15.1. The van der Waals surface area contributed by atoms with Gasteiger partial charge in [-0.1, -0.05) is 45.1 Å². The van der Waals surface area contributed by atoms with Crippen LogP contribution in [0.15, 0.2) is 28.7 Å². The number of hydrogen-bond donors (Lipinski definition) is 1. The van der Waals surface area contributed by atoms with Gasteiger partial charge in [0.05, 0.1) is 11.1 Å². The summed E-state index contributed by atoms with van der Waals surface area (Å²) in [5.41, 5.74) is 1.95. The molecule has 0 bridgehead atoms. The van der Waals surface area contributed by atoms with E-state index in [-0.39, 0.29) is 5.41 Å².